The average Bonchev–Trinajstić information content (AvgIpc) is 3.17. The van der Waals surface area contributed by atoms with Crippen LogP contribution in [0.4, 0.5) is 5.69 Å². The lowest BCUT2D eigenvalue weighted by Gasteiger charge is -2.56. The van der Waals surface area contributed by atoms with Crippen molar-refractivity contribution in [2.45, 2.75) is 51.4 Å². The Morgan fingerprint density at radius 3 is 2.30 bits per heavy atom. The highest BCUT2D eigenvalue weighted by atomic mass is 16.5. The molecule has 5 aliphatic rings. The maximum absolute atomic E-state index is 12.8. The first-order valence-corrected chi connectivity index (χ1v) is 12.0. The van der Waals surface area contributed by atoms with Crippen molar-refractivity contribution in [3.63, 3.8) is 0 Å². The SMILES string of the molecule is COc1ccc(OC)c(N2CC(C(=O)NNC(=O)CC34CC5CC(CC(C5)C3)C4)CC2=O)c1. The molecule has 3 amide bonds. The van der Waals surface area contributed by atoms with E-state index in [1.165, 1.54) is 26.4 Å². The van der Waals surface area contributed by atoms with Gasteiger partial charge in [0.25, 0.3) is 0 Å². The van der Waals surface area contributed by atoms with Crippen LogP contribution < -0.4 is 25.2 Å². The number of hydrogen-bond acceptors (Lipinski definition) is 5. The molecule has 8 heteroatoms. The lowest BCUT2D eigenvalue weighted by atomic mass is 9.49. The predicted molar refractivity (Wildman–Crippen MR) is 122 cm³/mol. The van der Waals surface area contributed by atoms with Gasteiger partial charge in [-0.25, -0.2) is 0 Å². The molecule has 1 saturated heterocycles. The predicted octanol–water partition coefficient (Wildman–Crippen LogP) is 2.81. The number of benzene rings is 1. The Balaban J connectivity index is 1.17. The number of carbonyl (C=O) groups excluding carboxylic acids is 3. The Bertz CT molecular complexity index is 926. The molecule has 0 radical (unpaired) electrons. The maximum atomic E-state index is 12.8. The normalized spacial score (nSPS) is 32.1. The second kappa shape index (κ2) is 8.54. The number of rotatable bonds is 6. The Morgan fingerprint density at radius 2 is 1.70 bits per heavy atom. The molecule has 6 rings (SSSR count). The molecule has 1 aliphatic heterocycles. The summed E-state index contributed by atoms with van der Waals surface area (Å²) in [5.74, 6) is 2.30. The van der Waals surface area contributed by atoms with Crippen molar-refractivity contribution in [2.75, 3.05) is 25.7 Å². The second-order valence-corrected chi connectivity index (χ2v) is 10.6. The third kappa shape index (κ3) is 4.27. The molecule has 4 aliphatic carbocycles. The van der Waals surface area contributed by atoms with E-state index < -0.39 is 5.92 Å². The first-order valence-electron chi connectivity index (χ1n) is 12.0. The van der Waals surface area contributed by atoms with E-state index in [0.29, 0.717) is 23.6 Å². The fraction of sp³-hybridized carbons (Fsp3) is 0.640. The lowest BCUT2D eigenvalue weighted by Crippen LogP contribution is -2.50. The number of amides is 3. The minimum absolute atomic E-state index is 0.0804. The number of ether oxygens (including phenoxy) is 2. The van der Waals surface area contributed by atoms with Gasteiger partial charge in [0.2, 0.25) is 17.7 Å². The van der Waals surface area contributed by atoms with Crippen LogP contribution in [0.1, 0.15) is 51.4 Å². The first-order chi connectivity index (χ1) is 15.9. The zero-order valence-corrected chi connectivity index (χ0v) is 19.4. The molecule has 4 bridgehead atoms. The Labute approximate surface area is 194 Å². The fourth-order valence-electron chi connectivity index (χ4n) is 7.25. The van der Waals surface area contributed by atoms with Crippen LogP contribution in [-0.4, -0.2) is 38.5 Å². The van der Waals surface area contributed by atoms with Gasteiger partial charge in [-0.1, -0.05) is 0 Å². The van der Waals surface area contributed by atoms with E-state index in [1.54, 1.807) is 30.2 Å². The van der Waals surface area contributed by atoms with Gasteiger partial charge < -0.3 is 14.4 Å². The monoisotopic (exact) mass is 455 g/mol. The van der Waals surface area contributed by atoms with Gasteiger partial charge in [-0.3, -0.25) is 25.2 Å². The number of nitrogens with zero attached hydrogens (tertiary/aromatic N) is 1. The van der Waals surface area contributed by atoms with Crippen LogP contribution in [0.15, 0.2) is 18.2 Å². The number of hydrogen-bond donors (Lipinski definition) is 2. The summed E-state index contributed by atoms with van der Waals surface area (Å²) in [6.45, 7) is 0.221. The highest BCUT2D eigenvalue weighted by Gasteiger charge is 2.51. The molecule has 1 aromatic carbocycles. The molecule has 2 N–H and O–H groups in total. The van der Waals surface area contributed by atoms with E-state index in [1.807, 2.05) is 0 Å². The maximum Gasteiger partial charge on any atom is 0.243 e. The molecule has 5 fully saturated rings. The number of carbonyl (C=O) groups is 3. The van der Waals surface area contributed by atoms with Gasteiger partial charge in [-0.05, 0) is 73.8 Å². The van der Waals surface area contributed by atoms with Crippen molar-refractivity contribution in [3.8, 4) is 11.5 Å². The molecule has 178 valence electrons. The molecule has 1 aromatic rings. The van der Waals surface area contributed by atoms with Crippen LogP contribution in [0.5, 0.6) is 11.5 Å². The molecule has 8 nitrogen and oxygen atoms in total. The smallest absolute Gasteiger partial charge is 0.243 e. The summed E-state index contributed by atoms with van der Waals surface area (Å²) in [4.78, 5) is 39.7. The molecule has 33 heavy (non-hydrogen) atoms. The lowest BCUT2D eigenvalue weighted by molar-refractivity contribution is -0.135. The van der Waals surface area contributed by atoms with Crippen molar-refractivity contribution in [1.29, 1.82) is 0 Å². The van der Waals surface area contributed by atoms with Gasteiger partial charge in [0, 0.05) is 25.5 Å². The Kier molecular flexibility index (Phi) is 5.70. The third-order valence-electron chi connectivity index (χ3n) is 8.20. The number of anilines is 1. The number of nitrogens with one attached hydrogen (secondary N) is 2. The highest BCUT2D eigenvalue weighted by molar-refractivity contribution is 6.01. The number of hydrazine groups is 1. The minimum Gasteiger partial charge on any atom is -0.497 e. The molecule has 1 unspecified atom stereocenters. The number of methoxy groups -OCH3 is 2. The van der Waals surface area contributed by atoms with Crippen LogP contribution >= 0.6 is 0 Å². The summed E-state index contributed by atoms with van der Waals surface area (Å²) >= 11 is 0. The molecule has 0 aromatic heterocycles. The van der Waals surface area contributed by atoms with Gasteiger partial charge in [0.15, 0.2) is 0 Å². The van der Waals surface area contributed by atoms with Crippen LogP contribution in [0, 0.1) is 29.1 Å². The highest BCUT2D eigenvalue weighted by Crippen LogP contribution is 2.61. The summed E-state index contributed by atoms with van der Waals surface area (Å²) in [6.07, 6.45) is 8.01. The Hall–Kier alpha value is -2.77. The average molecular weight is 456 g/mol. The van der Waals surface area contributed by atoms with Crippen molar-refractivity contribution < 1.29 is 23.9 Å². The summed E-state index contributed by atoms with van der Waals surface area (Å²) in [6, 6.07) is 5.22. The Morgan fingerprint density at radius 1 is 1.03 bits per heavy atom. The minimum atomic E-state index is -0.548. The van der Waals surface area contributed by atoms with E-state index in [4.69, 9.17) is 9.47 Å². The third-order valence-corrected chi connectivity index (χ3v) is 8.20. The van der Waals surface area contributed by atoms with E-state index in [9.17, 15) is 14.4 Å². The largest absolute Gasteiger partial charge is 0.497 e. The van der Waals surface area contributed by atoms with Gasteiger partial charge in [-0.2, -0.15) is 0 Å². The topological polar surface area (TPSA) is 97.0 Å². The molecular weight excluding hydrogens is 422 g/mol. The van der Waals surface area contributed by atoms with Crippen molar-refractivity contribution in [3.05, 3.63) is 18.2 Å². The van der Waals surface area contributed by atoms with Crippen LogP contribution in [-0.2, 0) is 14.4 Å². The van der Waals surface area contributed by atoms with E-state index in [2.05, 4.69) is 10.9 Å². The van der Waals surface area contributed by atoms with E-state index >= 15 is 0 Å². The van der Waals surface area contributed by atoms with Gasteiger partial charge >= 0.3 is 0 Å². The first kappa shape index (κ1) is 22.0. The summed E-state index contributed by atoms with van der Waals surface area (Å²) in [5.41, 5.74) is 5.90. The quantitative estimate of drug-likeness (QED) is 0.643. The van der Waals surface area contributed by atoms with Crippen LogP contribution in [0.2, 0.25) is 0 Å². The van der Waals surface area contributed by atoms with Crippen LogP contribution in [0.3, 0.4) is 0 Å². The second-order valence-electron chi connectivity index (χ2n) is 10.6. The fourth-order valence-corrected chi connectivity index (χ4v) is 7.25. The summed E-state index contributed by atoms with van der Waals surface area (Å²) in [7, 11) is 3.09. The molecular formula is C25H33N3O5. The van der Waals surface area contributed by atoms with Crippen molar-refractivity contribution in [1.82, 2.24) is 10.9 Å². The van der Waals surface area contributed by atoms with Gasteiger partial charge in [0.1, 0.15) is 11.5 Å². The van der Waals surface area contributed by atoms with Crippen LogP contribution in [0.25, 0.3) is 0 Å². The van der Waals surface area contributed by atoms with E-state index in [0.717, 1.165) is 37.0 Å². The van der Waals surface area contributed by atoms with Gasteiger partial charge in [-0.15, -0.1) is 0 Å². The van der Waals surface area contributed by atoms with Crippen molar-refractivity contribution >= 4 is 23.4 Å². The summed E-state index contributed by atoms with van der Waals surface area (Å²) < 4.78 is 10.7. The molecule has 4 saturated carbocycles. The van der Waals surface area contributed by atoms with E-state index in [-0.39, 0.29) is 36.1 Å². The molecule has 1 atom stereocenters. The zero-order valence-electron chi connectivity index (χ0n) is 19.4. The van der Waals surface area contributed by atoms with Gasteiger partial charge in [0.05, 0.1) is 25.8 Å². The molecule has 0 spiro atoms. The molecule has 1 heterocycles. The zero-order chi connectivity index (χ0) is 23.2. The van der Waals surface area contributed by atoms with Crippen molar-refractivity contribution in [2.24, 2.45) is 29.1 Å². The summed E-state index contributed by atoms with van der Waals surface area (Å²) in [5, 5.41) is 0. The standard InChI is InChI=1S/C25H33N3O5/c1-32-19-3-4-21(33-2)20(9-19)28-14-18(8-23(28)30)24(31)27-26-22(29)13-25-10-15-5-16(11-25)7-17(6-15)12-25/h3-4,9,15-18H,5-8,10-14H2,1-2H3,(H,26,29)(H,27,31).